The fourth-order valence-electron chi connectivity index (χ4n) is 1.90. The summed E-state index contributed by atoms with van der Waals surface area (Å²) in [5.41, 5.74) is 1.18. The third-order valence-electron chi connectivity index (χ3n) is 3.59. The Kier molecular flexibility index (Phi) is 4.75. The zero-order valence-corrected chi connectivity index (χ0v) is 12.8. The molecule has 19 heavy (non-hydrogen) atoms. The van der Waals surface area contributed by atoms with E-state index in [0.29, 0.717) is 6.42 Å². The number of amides is 1. The molecule has 0 spiro atoms. The third kappa shape index (κ3) is 3.57. The maximum atomic E-state index is 12.3. The average molecular weight is 263 g/mol. The summed E-state index contributed by atoms with van der Waals surface area (Å²) in [5.74, 6) is -0.103. The number of ether oxygens (including phenoxy) is 1. The zero-order valence-electron chi connectivity index (χ0n) is 12.8. The van der Waals surface area contributed by atoms with Gasteiger partial charge in [-0.3, -0.25) is 4.79 Å². The molecule has 0 heterocycles. The Hall–Kier alpha value is -1.35. The molecule has 0 saturated heterocycles. The minimum absolute atomic E-state index is 0.0143. The fourth-order valence-corrected chi connectivity index (χ4v) is 1.90. The van der Waals surface area contributed by atoms with E-state index in [1.165, 1.54) is 0 Å². The van der Waals surface area contributed by atoms with E-state index in [9.17, 15) is 4.79 Å². The molecule has 0 fully saturated rings. The Bertz CT molecular complexity index is 442. The van der Waals surface area contributed by atoms with Crippen molar-refractivity contribution >= 4 is 11.6 Å². The molecule has 1 aromatic rings. The lowest BCUT2D eigenvalue weighted by Gasteiger charge is -2.28. The van der Waals surface area contributed by atoms with E-state index in [-0.39, 0.29) is 11.3 Å². The van der Waals surface area contributed by atoms with Gasteiger partial charge in [-0.15, -0.1) is 0 Å². The molecule has 0 aromatic heterocycles. The van der Waals surface area contributed by atoms with Crippen molar-refractivity contribution in [2.75, 3.05) is 12.4 Å². The van der Waals surface area contributed by atoms with Crippen LogP contribution in [-0.2, 0) is 14.9 Å². The van der Waals surface area contributed by atoms with Crippen LogP contribution in [0.5, 0.6) is 0 Å². The first-order chi connectivity index (χ1) is 8.74. The summed E-state index contributed by atoms with van der Waals surface area (Å²) in [4.78, 5) is 12.3. The van der Waals surface area contributed by atoms with Crippen molar-refractivity contribution in [2.24, 2.45) is 0 Å². The summed E-state index contributed by atoms with van der Waals surface area (Å²) in [6.07, 6.45) is 0.632. The van der Waals surface area contributed by atoms with Crippen LogP contribution in [0.3, 0.4) is 0 Å². The Morgan fingerprint density at radius 2 is 1.79 bits per heavy atom. The maximum absolute atomic E-state index is 12.3. The molecule has 0 bridgehead atoms. The van der Waals surface area contributed by atoms with Crippen molar-refractivity contribution in [1.29, 1.82) is 0 Å². The van der Waals surface area contributed by atoms with Gasteiger partial charge in [0.2, 0.25) is 0 Å². The molecule has 1 aromatic carbocycles. The van der Waals surface area contributed by atoms with Gasteiger partial charge in [-0.25, -0.2) is 0 Å². The molecule has 0 aliphatic heterocycles. The van der Waals surface area contributed by atoms with Crippen LogP contribution < -0.4 is 5.32 Å². The normalized spacial score (nSPS) is 14.8. The van der Waals surface area contributed by atoms with Crippen LogP contribution >= 0.6 is 0 Å². The minimum Gasteiger partial charge on any atom is -0.369 e. The number of rotatable bonds is 4. The van der Waals surface area contributed by atoms with Gasteiger partial charge in [-0.1, -0.05) is 45.9 Å². The highest BCUT2D eigenvalue weighted by atomic mass is 16.5. The van der Waals surface area contributed by atoms with E-state index >= 15 is 0 Å². The summed E-state index contributed by atoms with van der Waals surface area (Å²) >= 11 is 0. The predicted molar refractivity (Wildman–Crippen MR) is 79.5 cm³/mol. The van der Waals surface area contributed by atoms with Gasteiger partial charge >= 0.3 is 0 Å². The number of carbonyl (C=O) groups is 1. The van der Waals surface area contributed by atoms with Gasteiger partial charge in [0.05, 0.1) is 0 Å². The van der Waals surface area contributed by atoms with Crippen LogP contribution in [0.25, 0.3) is 0 Å². The fraction of sp³-hybridized carbons (Fsp3) is 0.562. The van der Waals surface area contributed by atoms with E-state index in [0.717, 1.165) is 11.3 Å². The second-order valence-corrected chi connectivity index (χ2v) is 6.04. The predicted octanol–water partition coefficient (Wildman–Crippen LogP) is 3.74. The van der Waals surface area contributed by atoms with E-state index in [4.69, 9.17) is 4.74 Å². The molecular formula is C16H25NO2. The Morgan fingerprint density at radius 3 is 2.26 bits per heavy atom. The summed E-state index contributed by atoms with van der Waals surface area (Å²) < 4.78 is 5.33. The molecule has 0 aliphatic carbocycles. The van der Waals surface area contributed by atoms with Crippen LogP contribution in [0.15, 0.2) is 24.3 Å². The molecule has 1 amide bonds. The smallest absolute Gasteiger partial charge is 0.256 e. The second kappa shape index (κ2) is 5.74. The molecule has 3 heteroatoms. The second-order valence-electron chi connectivity index (χ2n) is 6.04. The Morgan fingerprint density at radius 1 is 1.21 bits per heavy atom. The van der Waals surface area contributed by atoms with Crippen molar-refractivity contribution < 1.29 is 9.53 Å². The molecule has 1 unspecified atom stereocenters. The molecule has 1 atom stereocenters. The first-order valence-electron chi connectivity index (χ1n) is 6.70. The van der Waals surface area contributed by atoms with Crippen molar-refractivity contribution in [3.8, 4) is 0 Å². The highest BCUT2D eigenvalue weighted by molar-refractivity contribution is 5.97. The van der Waals surface area contributed by atoms with Crippen molar-refractivity contribution in [1.82, 2.24) is 0 Å². The molecule has 0 saturated carbocycles. The third-order valence-corrected chi connectivity index (χ3v) is 3.59. The van der Waals surface area contributed by atoms with E-state index in [2.05, 4.69) is 26.1 Å². The number of hydrogen-bond donors (Lipinski definition) is 1. The lowest BCUT2D eigenvalue weighted by Crippen LogP contribution is -2.41. The quantitative estimate of drug-likeness (QED) is 0.898. The lowest BCUT2D eigenvalue weighted by molar-refractivity contribution is -0.136. The summed E-state index contributed by atoms with van der Waals surface area (Å²) in [5, 5.41) is 3.00. The molecule has 0 aliphatic rings. The van der Waals surface area contributed by atoms with Gasteiger partial charge < -0.3 is 10.1 Å². The SMILES string of the molecule is CCC(C)(OC)C(=O)Nc1ccccc1C(C)(C)C. The zero-order chi connectivity index (χ0) is 14.7. The standard InChI is InChI=1S/C16H25NO2/c1-7-16(5,19-6)14(18)17-13-11-9-8-10-12(13)15(2,3)4/h8-11H,7H2,1-6H3,(H,17,18). The summed E-state index contributed by atoms with van der Waals surface area (Å²) in [6, 6.07) is 7.91. The van der Waals surface area contributed by atoms with Crippen LogP contribution in [0, 0.1) is 0 Å². The van der Waals surface area contributed by atoms with E-state index in [1.807, 2.05) is 38.1 Å². The van der Waals surface area contributed by atoms with Gasteiger partial charge in [0.25, 0.3) is 5.91 Å². The summed E-state index contributed by atoms with van der Waals surface area (Å²) in [6.45, 7) is 10.1. The molecule has 1 N–H and O–H groups in total. The van der Waals surface area contributed by atoms with Crippen molar-refractivity contribution in [2.45, 2.75) is 52.1 Å². The number of anilines is 1. The number of methoxy groups -OCH3 is 1. The average Bonchev–Trinajstić information content (AvgIpc) is 2.37. The molecule has 106 valence electrons. The number of benzene rings is 1. The number of para-hydroxylation sites is 1. The molecular weight excluding hydrogens is 238 g/mol. The first-order valence-corrected chi connectivity index (χ1v) is 6.70. The molecule has 1 rings (SSSR count). The van der Waals surface area contributed by atoms with Gasteiger partial charge in [0.15, 0.2) is 0 Å². The number of carbonyl (C=O) groups excluding carboxylic acids is 1. The topological polar surface area (TPSA) is 38.3 Å². The summed E-state index contributed by atoms with van der Waals surface area (Å²) in [7, 11) is 1.57. The van der Waals surface area contributed by atoms with Crippen LogP contribution in [0.1, 0.15) is 46.6 Å². The van der Waals surface area contributed by atoms with Gasteiger partial charge in [-0.05, 0) is 30.4 Å². The Labute approximate surface area is 116 Å². The highest BCUT2D eigenvalue weighted by Gasteiger charge is 2.31. The molecule has 3 nitrogen and oxygen atoms in total. The van der Waals surface area contributed by atoms with E-state index in [1.54, 1.807) is 7.11 Å². The Balaban J connectivity index is 3.04. The van der Waals surface area contributed by atoms with Crippen LogP contribution in [0.4, 0.5) is 5.69 Å². The largest absolute Gasteiger partial charge is 0.369 e. The lowest BCUT2D eigenvalue weighted by atomic mass is 9.85. The minimum atomic E-state index is -0.787. The van der Waals surface area contributed by atoms with Crippen molar-refractivity contribution in [3.05, 3.63) is 29.8 Å². The van der Waals surface area contributed by atoms with E-state index < -0.39 is 5.60 Å². The first kappa shape index (κ1) is 15.7. The van der Waals surface area contributed by atoms with Crippen LogP contribution in [0.2, 0.25) is 0 Å². The number of nitrogens with one attached hydrogen (secondary N) is 1. The van der Waals surface area contributed by atoms with Gasteiger partial charge in [-0.2, -0.15) is 0 Å². The van der Waals surface area contributed by atoms with Crippen molar-refractivity contribution in [3.63, 3.8) is 0 Å². The monoisotopic (exact) mass is 263 g/mol. The highest BCUT2D eigenvalue weighted by Crippen LogP contribution is 2.30. The van der Waals surface area contributed by atoms with Gasteiger partial charge in [0, 0.05) is 12.8 Å². The number of hydrogen-bond acceptors (Lipinski definition) is 2. The maximum Gasteiger partial charge on any atom is 0.256 e. The van der Waals surface area contributed by atoms with Gasteiger partial charge in [0.1, 0.15) is 5.60 Å². The van der Waals surface area contributed by atoms with Crippen LogP contribution in [-0.4, -0.2) is 18.6 Å². The molecule has 0 radical (unpaired) electrons.